The lowest BCUT2D eigenvalue weighted by Gasteiger charge is -2.23. The lowest BCUT2D eigenvalue weighted by atomic mass is 10.00. The monoisotopic (exact) mass is 263 g/mol. The smallest absolute Gasteiger partial charge is 0.163 e. The molecule has 0 aliphatic carbocycles. The van der Waals surface area contributed by atoms with Crippen molar-refractivity contribution in [1.29, 1.82) is 0 Å². The first-order chi connectivity index (χ1) is 9.11. The summed E-state index contributed by atoms with van der Waals surface area (Å²) in [7, 11) is 0. The Labute approximate surface area is 116 Å². The Morgan fingerprint density at radius 2 is 2.05 bits per heavy atom. The van der Waals surface area contributed by atoms with E-state index in [0.717, 1.165) is 19.5 Å². The highest BCUT2D eigenvalue weighted by atomic mass is 16.7. The molecule has 0 unspecified atom stereocenters. The average molecular weight is 263 g/mol. The molecule has 19 heavy (non-hydrogen) atoms. The Balaban J connectivity index is 1.77. The molecule has 0 bridgehead atoms. The van der Waals surface area contributed by atoms with Crippen LogP contribution in [0.15, 0.2) is 30.3 Å². The molecule has 2 rings (SSSR count). The number of nitrogens with one attached hydrogen (secondary N) is 1. The van der Waals surface area contributed by atoms with Crippen LogP contribution in [0.25, 0.3) is 0 Å². The van der Waals surface area contributed by atoms with Crippen molar-refractivity contribution in [3.8, 4) is 0 Å². The van der Waals surface area contributed by atoms with E-state index in [4.69, 9.17) is 9.47 Å². The quantitative estimate of drug-likeness (QED) is 0.856. The molecule has 106 valence electrons. The summed E-state index contributed by atoms with van der Waals surface area (Å²) < 4.78 is 11.6. The van der Waals surface area contributed by atoms with Gasteiger partial charge in [-0.05, 0) is 31.7 Å². The second-order valence-electron chi connectivity index (χ2n) is 5.65. The number of ether oxygens (including phenoxy) is 2. The highest BCUT2D eigenvalue weighted by Crippen LogP contribution is 2.27. The van der Waals surface area contributed by atoms with Crippen molar-refractivity contribution in [3.05, 3.63) is 35.9 Å². The van der Waals surface area contributed by atoms with Crippen LogP contribution >= 0.6 is 0 Å². The van der Waals surface area contributed by atoms with Crippen molar-refractivity contribution in [1.82, 2.24) is 5.32 Å². The standard InChI is InChI=1S/C16H25NO2/c1-4-14(15-12-18-16(2,3)19-15)11-17-10-13-8-6-5-7-9-13/h5-9,14-15,17H,4,10-12H2,1-3H3/t14-,15+/m1/s1. The van der Waals surface area contributed by atoms with Crippen LogP contribution in [0.5, 0.6) is 0 Å². The Morgan fingerprint density at radius 3 is 2.63 bits per heavy atom. The fourth-order valence-electron chi connectivity index (χ4n) is 2.48. The molecule has 1 aliphatic heterocycles. The van der Waals surface area contributed by atoms with Crippen LogP contribution in [0, 0.1) is 5.92 Å². The van der Waals surface area contributed by atoms with E-state index in [2.05, 4.69) is 36.5 Å². The lowest BCUT2D eigenvalue weighted by Crippen LogP contribution is -2.33. The molecule has 0 spiro atoms. The molecular formula is C16H25NO2. The Bertz CT molecular complexity index is 378. The van der Waals surface area contributed by atoms with E-state index in [1.165, 1.54) is 5.56 Å². The molecule has 0 radical (unpaired) electrons. The van der Waals surface area contributed by atoms with Gasteiger partial charge >= 0.3 is 0 Å². The molecule has 1 aromatic rings. The van der Waals surface area contributed by atoms with Crippen LogP contribution in [-0.2, 0) is 16.0 Å². The largest absolute Gasteiger partial charge is 0.348 e. The molecule has 0 aromatic heterocycles. The van der Waals surface area contributed by atoms with Gasteiger partial charge in [0.15, 0.2) is 5.79 Å². The highest BCUT2D eigenvalue weighted by Gasteiger charge is 2.36. The van der Waals surface area contributed by atoms with E-state index >= 15 is 0 Å². The minimum Gasteiger partial charge on any atom is -0.348 e. The molecule has 1 fully saturated rings. The van der Waals surface area contributed by atoms with Crippen molar-refractivity contribution < 1.29 is 9.47 Å². The van der Waals surface area contributed by atoms with E-state index in [1.807, 2.05) is 19.9 Å². The zero-order chi connectivity index (χ0) is 13.7. The third-order valence-corrected chi connectivity index (χ3v) is 3.66. The van der Waals surface area contributed by atoms with Gasteiger partial charge in [0.2, 0.25) is 0 Å². The maximum atomic E-state index is 5.94. The van der Waals surface area contributed by atoms with Gasteiger partial charge in [-0.1, -0.05) is 37.3 Å². The Kier molecular flexibility index (Phi) is 4.97. The van der Waals surface area contributed by atoms with Gasteiger partial charge in [-0.25, -0.2) is 0 Å². The Morgan fingerprint density at radius 1 is 1.32 bits per heavy atom. The predicted molar refractivity (Wildman–Crippen MR) is 76.8 cm³/mol. The van der Waals surface area contributed by atoms with Gasteiger partial charge in [0.05, 0.1) is 12.7 Å². The van der Waals surface area contributed by atoms with Crippen molar-refractivity contribution in [2.45, 2.75) is 45.6 Å². The van der Waals surface area contributed by atoms with Crippen LogP contribution in [0.2, 0.25) is 0 Å². The molecule has 1 aliphatic rings. The minimum absolute atomic E-state index is 0.211. The van der Waals surface area contributed by atoms with Crippen LogP contribution in [-0.4, -0.2) is 25.0 Å². The summed E-state index contributed by atoms with van der Waals surface area (Å²) in [6.45, 7) is 8.76. The van der Waals surface area contributed by atoms with E-state index in [0.29, 0.717) is 12.5 Å². The SMILES string of the molecule is CC[C@H](CNCc1ccccc1)[C@@H]1COC(C)(C)O1. The third-order valence-electron chi connectivity index (χ3n) is 3.66. The fourth-order valence-corrected chi connectivity index (χ4v) is 2.48. The molecule has 0 amide bonds. The van der Waals surface area contributed by atoms with Crippen LogP contribution in [0.3, 0.4) is 0 Å². The van der Waals surface area contributed by atoms with E-state index < -0.39 is 5.79 Å². The first-order valence-corrected chi connectivity index (χ1v) is 7.17. The first kappa shape index (κ1) is 14.5. The predicted octanol–water partition coefficient (Wildman–Crippen LogP) is 2.95. The van der Waals surface area contributed by atoms with Gasteiger partial charge in [0, 0.05) is 13.1 Å². The molecule has 2 atom stereocenters. The van der Waals surface area contributed by atoms with E-state index in [1.54, 1.807) is 0 Å². The molecule has 1 aromatic carbocycles. The molecule has 1 saturated heterocycles. The van der Waals surface area contributed by atoms with Gasteiger partial charge in [-0.2, -0.15) is 0 Å². The van der Waals surface area contributed by atoms with Gasteiger partial charge in [0.1, 0.15) is 0 Å². The summed E-state index contributed by atoms with van der Waals surface area (Å²) in [6.07, 6.45) is 1.31. The number of rotatable bonds is 6. The van der Waals surface area contributed by atoms with Gasteiger partial charge in [0.25, 0.3) is 0 Å². The van der Waals surface area contributed by atoms with Crippen LogP contribution in [0.4, 0.5) is 0 Å². The van der Waals surface area contributed by atoms with Crippen LogP contribution < -0.4 is 5.32 Å². The van der Waals surface area contributed by atoms with Crippen molar-refractivity contribution >= 4 is 0 Å². The normalized spacial score (nSPS) is 23.4. The molecule has 1 heterocycles. The highest BCUT2D eigenvalue weighted by molar-refractivity contribution is 5.14. The summed E-state index contributed by atoms with van der Waals surface area (Å²) in [5.41, 5.74) is 1.32. The van der Waals surface area contributed by atoms with E-state index in [9.17, 15) is 0 Å². The van der Waals surface area contributed by atoms with Crippen molar-refractivity contribution in [3.63, 3.8) is 0 Å². The Hall–Kier alpha value is -0.900. The zero-order valence-corrected chi connectivity index (χ0v) is 12.2. The molecule has 0 saturated carbocycles. The summed E-state index contributed by atoms with van der Waals surface area (Å²) >= 11 is 0. The summed E-state index contributed by atoms with van der Waals surface area (Å²) in [4.78, 5) is 0. The van der Waals surface area contributed by atoms with Gasteiger partial charge in [-0.3, -0.25) is 0 Å². The fraction of sp³-hybridized carbons (Fsp3) is 0.625. The maximum Gasteiger partial charge on any atom is 0.163 e. The maximum absolute atomic E-state index is 5.94. The molecule has 3 heteroatoms. The van der Waals surface area contributed by atoms with Gasteiger partial charge in [-0.15, -0.1) is 0 Å². The van der Waals surface area contributed by atoms with Crippen LogP contribution in [0.1, 0.15) is 32.8 Å². The van der Waals surface area contributed by atoms with Crippen molar-refractivity contribution in [2.24, 2.45) is 5.92 Å². The number of hydrogen-bond donors (Lipinski definition) is 1. The second-order valence-corrected chi connectivity index (χ2v) is 5.65. The van der Waals surface area contributed by atoms with Gasteiger partial charge < -0.3 is 14.8 Å². The second kappa shape index (κ2) is 6.51. The zero-order valence-electron chi connectivity index (χ0n) is 12.2. The lowest BCUT2D eigenvalue weighted by molar-refractivity contribution is -0.144. The molecule has 1 N–H and O–H groups in total. The van der Waals surface area contributed by atoms with Crippen molar-refractivity contribution in [2.75, 3.05) is 13.2 Å². The summed E-state index contributed by atoms with van der Waals surface area (Å²) in [5.74, 6) is 0.0860. The minimum atomic E-state index is -0.419. The number of benzene rings is 1. The summed E-state index contributed by atoms with van der Waals surface area (Å²) in [5, 5.41) is 3.52. The topological polar surface area (TPSA) is 30.5 Å². The van der Waals surface area contributed by atoms with E-state index in [-0.39, 0.29) is 6.10 Å². The number of hydrogen-bond acceptors (Lipinski definition) is 3. The first-order valence-electron chi connectivity index (χ1n) is 7.17. The molecular weight excluding hydrogens is 238 g/mol. The average Bonchev–Trinajstić information content (AvgIpc) is 2.76. The third kappa shape index (κ3) is 4.30. The summed E-state index contributed by atoms with van der Waals surface area (Å²) in [6, 6.07) is 10.5. The molecule has 3 nitrogen and oxygen atoms in total.